The molecule has 4 unspecified atom stereocenters. The summed E-state index contributed by atoms with van der Waals surface area (Å²) in [6.45, 7) is 0.727. The van der Waals surface area contributed by atoms with Crippen molar-refractivity contribution in [1.29, 1.82) is 0 Å². The van der Waals surface area contributed by atoms with Crippen molar-refractivity contribution in [3.8, 4) is 0 Å². The van der Waals surface area contributed by atoms with Gasteiger partial charge in [0.2, 0.25) is 0 Å². The van der Waals surface area contributed by atoms with Gasteiger partial charge in [-0.1, -0.05) is 29.1 Å². The normalized spacial score (nSPS) is 20.6. The lowest BCUT2D eigenvalue weighted by atomic mass is 10.2. The van der Waals surface area contributed by atoms with Gasteiger partial charge in [0.15, 0.2) is 0 Å². The third kappa shape index (κ3) is 4.26. The average molecular weight is 230 g/mol. The second-order valence-corrected chi connectivity index (χ2v) is 4.74. The Kier molecular flexibility index (Phi) is 6.66. The molecule has 0 spiro atoms. The summed E-state index contributed by atoms with van der Waals surface area (Å²) in [6.07, 6.45) is -0.0860. The Hall–Kier alpha value is 0.150. The van der Waals surface area contributed by atoms with Crippen molar-refractivity contribution in [2.45, 2.75) is 30.3 Å². The summed E-state index contributed by atoms with van der Waals surface area (Å²) in [6, 6.07) is 0. The van der Waals surface area contributed by atoms with Crippen molar-refractivity contribution in [3.05, 3.63) is 0 Å². The molecule has 0 saturated carbocycles. The number of hydrogen-bond donors (Lipinski definition) is 0. The van der Waals surface area contributed by atoms with Crippen LogP contribution >= 0.6 is 0 Å². The van der Waals surface area contributed by atoms with Gasteiger partial charge >= 0.3 is 0 Å². The lowest BCUT2D eigenvalue weighted by molar-refractivity contribution is 0.433. The maximum absolute atomic E-state index is 11.9. The zero-order chi connectivity index (χ0) is 10.4. The number of alkyl halides is 1. The molecule has 0 fully saturated rings. The third-order valence-electron chi connectivity index (χ3n) is 1.71. The van der Waals surface area contributed by atoms with E-state index in [9.17, 15) is 21.9 Å². The Labute approximate surface area is 81.5 Å². The van der Waals surface area contributed by atoms with E-state index >= 15 is 0 Å². The molecule has 0 aliphatic heterocycles. The van der Waals surface area contributed by atoms with E-state index in [1.807, 2.05) is 0 Å². The monoisotopic (exact) mass is 230 g/mol. The summed E-state index contributed by atoms with van der Waals surface area (Å²) in [5.74, 6) is 0. The first-order chi connectivity index (χ1) is 6.04. The Morgan fingerprint density at radius 1 is 1.23 bits per heavy atom. The zero-order valence-corrected chi connectivity index (χ0v) is 8.74. The third-order valence-corrected chi connectivity index (χ3v) is 4.09. The first-order valence-electron chi connectivity index (χ1n) is 3.76. The van der Waals surface area contributed by atoms with E-state index in [2.05, 4.69) is 0 Å². The summed E-state index contributed by atoms with van der Waals surface area (Å²) < 4.78 is 54.1. The molecule has 4 nitrogen and oxygen atoms in total. The van der Waals surface area contributed by atoms with Gasteiger partial charge in [-0.3, -0.25) is 12.8 Å². The first-order valence-corrected chi connectivity index (χ1v) is 6.04. The van der Waals surface area contributed by atoms with Gasteiger partial charge in [0, 0.05) is 10.5 Å². The fourth-order valence-electron chi connectivity index (χ4n) is 1.04. The van der Waals surface area contributed by atoms with E-state index < -0.39 is 39.3 Å². The van der Waals surface area contributed by atoms with Crippen LogP contribution in [0.2, 0.25) is 0 Å². The summed E-state index contributed by atoms with van der Waals surface area (Å²) >= 11 is -5.00. The molecular formula is C6H11FO4S2-2. The van der Waals surface area contributed by atoms with Crippen LogP contribution in [-0.4, -0.2) is 34.7 Å². The largest absolute Gasteiger partial charge is 0.772 e. The summed E-state index contributed by atoms with van der Waals surface area (Å²) in [5, 5.41) is -2.14. The Morgan fingerprint density at radius 2 is 1.69 bits per heavy atom. The number of halogens is 1. The van der Waals surface area contributed by atoms with Crippen molar-refractivity contribution in [3.63, 3.8) is 0 Å². The van der Waals surface area contributed by atoms with Crippen molar-refractivity contribution < 1.29 is 21.9 Å². The van der Waals surface area contributed by atoms with Gasteiger partial charge in [0.25, 0.3) is 0 Å². The van der Waals surface area contributed by atoms with E-state index in [1.165, 1.54) is 0 Å². The number of rotatable bonds is 6. The molecule has 4 atom stereocenters. The molecule has 0 heterocycles. The van der Waals surface area contributed by atoms with Gasteiger partial charge < -0.3 is 9.11 Å². The van der Waals surface area contributed by atoms with Crippen LogP contribution in [-0.2, 0) is 22.2 Å². The molecule has 80 valence electrons. The topological polar surface area (TPSA) is 80.3 Å². The Morgan fingerprint density at radius 3 is 1.92 bits per heavy atom. The van der Waals surface area contributed by atoms with Gasteiger partial charge in [-0.15, -0.1) is 0 Å². The van der Waals surface area contributed by atoms with E-state index in [1.54, 1.807) is 6.92 Å². The molecule has 0 saturated heterocycles. The molecule has 0 bridgehead atoms. The van der Waals surface area contributed by atoms with E-state index in [4.69, 9.17) is 0 Å². The molecule has 0 rings (SSSR count). The van der Waals surface area contributed by atoms with Crippen LogP contribution < -0.4 is 0 Å². The van der Waals surface area contributed by atoms with Gasteiger partial charge in [0.05, 0.1) is 6.67 Å². The van der Waals surface area contributed by atoms with Crippen LogP contribution in [0.5, 0.6) is 0 Å². The summed E-state index contributed by atoms with van der Waals surface area (Å²) in [5.41, 5.74) is 0. The molecular weight excluding hydrogens is 219 g/mol. The fourth-order valence-corrected chi connectivity index (χ4v) is 2.96. The van der Waals surface area contributed by atoms with Gasteiger partial charge in [-0.2, -0.15) is 0 Å². The van der Waals surface area contributed by atoms with Crippen molar-refractivity contribution in [1.82, 2.24) is 0 Å². The molecule has 7 heteroatoms. The quantitative estimate of drug-likeness (QED) is 0.613. The molecule has 0 aromatic rings. The highest BCUT2D eigenvalue weighted by atomic mass is 32.2. The van der Waals surface area contributed by atoms with Crippen LogP contribution in [0.15, 0.2) is 0 Å². The average Bonchev–Trinajstić information content (AvgIpc) is 2.03. The zero-order valence-electron chi connectivity index (χ0n) is 7.10. The molecule has 0 aromatic heterocycles. The predicted molar refractivity (Wildman–Crippen MR) is 46.3 cm³/mol. The summed E-state index contributed by atoms with van der Waals surface area (Å²) in [4.78, 5) is 0. The molecule has 0 amide bonds. The molecule has 0 aliphatic carbocycles. The van der Waals surface area contributed by atoms with Crippen molar-refractivity contribution in [2.75, 3.05) is 6.67 Å². The molecule has 0 radical (unpaired) electrons. The standard InChI is InChI=1S/C6H13FO4S2/c1-2-5(12(8)9)6(3-4-7)13(10)11/h5-6H,2-4H2,1H3,(H,8,9)(H,10,11)/p-2. The minimum Gasteiger partial charge on any atom is -0.772 e. The highest BCUT2D eigenvalue weighted by Gasteiger charge is 2.21. The van der Waals surface area contributed by atoms with Crippen LogP contribution in [0.3, 0.4) is 0 Å². The highest BCUT2D eigenvalue weighted by molar-refractivity contribution is 7.84. The number of hydrogen-bond acceptors (Lipinski definition) is 4. The Bertz CT molecular complexity index is 199. The van der Waals surface area contributed by atoms with Gasteiger partial charge in [-0.25, -0.2) is 0 Å². The highest BCUT2D eigenvalue weighted by Crippen LogP contribution is 2.14. The van der Waals surface area contributed by atoms with Crippen LogP contribution in [0.25, 0.3) is 0 Å². The second kappa shape index (κ2) is 6.58. The molecule has 13 heavy (non-hydrogen) atoms. The van der Waals surface area contributed by atoms with Gasteiger partial charge in [0.1, 0.15) is 0 Å². The minimum atomic E-state index is -2.54. The van der Waals surface area contributed by atoms with E-state index in [-0.39, 0.29) is 12.8 Å². The van der Waals surface area contributed by atoms with Gasteiger partial charge in [-0.05, 0) is 12.8 Å². The Balaban J connectivity index is 4.48. The van der Waals surface area contributed by atoms with Crippen LogP contribution in [0.4, 0.5) is 4.39 Å². The van der Waals surface area contributed by atoms with Crippen LogP contribution in [0, 0.1) is 0 Å². The summed E-state index contributed by atoms with van der Waals surface area (Å²) in [7, 11) is 0. The minimum absolute atomic E-state index is 0.175. The van der Waals surface area contributed by atoms with Crippen molar-refractivity contribution >= 4 is 22.2 Å². The first kappa shape index (κ1) is 13.2. The van der Waals surface area contributed by atoms with Crippen molar-refractivity contribution in [2.24, 2.45) is 0 Å². The second-order valence-electron chi connectivity index (χ2n) is 2.48. The van der Waals surface area contributed by atoms with E-state index in [0.717, 1.165) is 0 Å². The molecule has 0 N–H and O–H groups in total. The lowest BCUT2D eigenvalue weighted by Gasteiger charge is -2.28. The maximum Gasteiger partial charge on any atom is 0.0905 e. The SMILES string of the molecule is CCC(C(CCF)S(=O)[O-])S(=O)[O-]. The molecule has 0 aromatic carbocycles. The maximum atomic E-state index is 11.9. The lowest BCUT2D eigenvalue weighted by Crippen LogP contribution is -2.34. The van der Waals surface area contributed by atoms with E-state index in [0.29, 0.717) is 0 Å². The van der Waals surface area contributed by atoms with Crippen LogP contribution in [0.1, 0.15) is 19.8 Å². The smallest absolute Gasteiger partial charge is 0.0905 e. The molecule has 0 aliphatic rings. The predicted octanol–water partition coefficient (Wildman–Crippen LogP) is 0.251. The fraction of sp³-hybridized carbons (Fsp3) is 1.00.